The number of ketones is 1. The molecule has 1 N–H and O–H groups in total. The SMILES string of the molecule is CC1(C)CC(=O)[C@H]2C(=Nc3ccccc3N[C@@H]2c2ccc(OCc3ccccc3)cc2)C1. The summed E-state index contributed by atoms with van der Waals surface area (Å²) < 4.78 is 5.96. The molecule has 4 heteroatoms. The van der Waals surface area contributed by atoms with Crippen LogP contribution in [0.1, 0.15) is 43.9 Å². The lowest BCUT2D eigenvalue weighted by Gasteiger charge is -2.37. The predicted molar refractivity (Wildman–Crippen MR) is 129 cm³/mol. The number of carbonyl (C=O) groups excluding carboxylic acids is 1. The molecule has 0 aromatic heterocycles. The van der Waals surface area contributed by atoms with Crippen LogP contribution in [-0.2, 0) is 11.4 Å². The minimum atomic E-state index is -0.258. The Morgan fingerprint density at radius 1 is 0.938 bits per heavy atom. The van der Waals surface area contributed by atoms with Gasteiger partial charge in [-0.15, -0.1) is 0 Å². The van der Waals surface area contributed by atoms with E-state index in [4.69, 9.17) is 9.73 Å². The van der Waals surface area contributed by atoms with Crippen molar-refractivity contribution < 1.29 is 9.53 Å². The topological polar surface area (TPSA) is 50.7 Å². The Bertz CT molecular complexity index is 1150. The summed E-state index contributed by atoms with van der Waals surface area (Å²) in [5.74, 6) is 0.817. The number of aliphatic imine (C=N–C) groups is 1. The molecule has 0 amide bonds. The molecular weight excluding hydrogens is 396 g/mol. The van der Waals surface area contributed by atoms with Gasteiger partial charge in [0.05, 0.1) is 23.3 Å². The zero-order valence-corrected chi connectivity index (χ0v) is 18.5. The van der Waals surface area contributed by atoms with Crippen molar-refractivity contribution in [2.75, 3.05) is 5.32 Å². The summed E-state index contributed by atoms with van der Waals surface area (Å²) in [6.07, 6.45) is 1.40. The second-order valence-corrected chi connectivity index (χ2v) is 9.55. The summed E-state index contributed by atoms with van der Waals surface area (Å²) in [5, 5.41) is 3.63. The van der Waals surface area contributed by atoms with Crippen molar-refractivity contribution in [2.45, 2.75) is 39.3 Å². The minimum Gasteiger partial charge on any atom is -0.489 e. The molecule has 0 unspecified atom stereocenters. The lowest BCUT2D eigenvalue weighted by atomic mass is 9.68. The van der Waals surface area contributed by atoms with Crippen LogP contribution in [0.15, 0.2) is 83.9 Å². The van der Waals surface area contributed by atoms with E-state index in [0.717, 1.165) is 40.4 Å². The molecule has 1 saturated carbocycles. The van der Waals surface area contributed by atoms with Crippen LogP contribution in [0.3, 0.4) is 0 Å². The minimum absolute atomic E-state index is 0.0641. The number of nitrogens with one attached hydrogen (secondary N) is 1. The highest BCUT2D eigenvalue weighted by Gasteiger charge is 2.43. The maximum Gasteiger partial charge on any atom is 0.144 e. The fourth-order valence-electron chi connectivity index (χ4n) is 4.80. The quantitative estimate of drug-likeness (QED) is 0.519. The van der Waals surface area contributed by atoms with E-state index in [0.29, 0.717) is 13.0 Å². The molecule has 4 nitrogen and oxygen atoms in total. The van der Waals surface area contributed by atoms with Crippen LogP contribution in [-0.4, -0.2) is 11.5 Å². The van der Waals surface area contributed by atoms with Crippen LogP contribution in [0, 0.1) is 11.3 Å². The number of rotatable bonds is 4. The maximum absolute atomic E-state index is 13.3. The van der Waals surface area contributed by atoms with Crippen molar-refractivity contribution in [3.63, 3.8) is 0 Å². The first-order valence-corrected chi connectivity index (χ1v) is 11.2. The van der Waals surface area contributed by atoms with Crippen LogP contribution in [0.2, 0.25) is 0 Å². The van der Waals surface area contributed by atoms with E-state index in [1.165, 1.54) is 0 Å². The molecule has 2 atom stereocenters. The van der Waals surface area contributed by atoms with E-state index in [9.17, 15) is 4.79 Å². The van der Waals surface area contributed by atoms with Crippen molar-refractivity contribution in [2.24, 2.45) is 16.3 Å². The normalized spacial score (nSPS) is 21.4. The highest BCUT2D eigenvalue weighted by molar-refractivity contribution is 6.10. The highest BCUT2D eigenvalue weighted by atomic mass is 16.5. The first-order valence-electron chi connectivity index (χ1n) is 11.2. The molecule has 1 heterocycles. The Hall–Kier alpha value is -3.40. The van der Waals surface area contributed by atoms with E-state index >= 15 is 0 Å². The van der Waals surface area contributed by atoms with Crippen molar-refractivity contribution in [3.05, 3.63) is 90.0 Å². The van der Waals surface area contributed by atoms with Gasteiger partial charge in [-0.1, -0.05) is 68.4 Å². The van der Waals surface area contributed by atoms with Gasteiger partial charge in [-0.2, -0.15) is 0 Å². The first kappa shape index (κ1) is 20.5. The van der Waals surface area contributed by atoms with E-state index in [1.54, 1.807) is 0 Å². The zero-order chi connectivity index (χ0) is 22.1. The Labute approximate surface area is 189 Å². The molecule has 1 aliphatic heterocycles. The number of fused-ring (bicyclic) bond motifs is 2. The third kappa shape index (κ3) is 4.18. The standard InChI is InChI=1S/C28H28N2O2/c1-28(2)16-24-26(25(31)17-28)27(30-23-11-7-6-10-22(23)29-24)20-12-14-21(15-13-20)32-18-19-8-4-3-5-9-19/h3-15,26-27,30H,16-18H2,1-2H3/t26-,27-/m1/s1. The molecule has 2 aliphatic rings. The summed E-state index contributed by atoms with van der Waals surface area (Å²) in [4.78, 5) is 18.3. The van der Waals surface area contributed by atoms with Crippen LogP contribution in [0.5, 0.6) is 5.75 Å². The summed E-state index contributed by atoms with van der Waals surface area (Å²) in [7, 11) is 0. The first-order chi connectivity index (χ1) is 15.5. The Morgan fingerprint density at radius 3 is 2.44 bits per heavy atom. The molecule has 32 heavy (non-hydrogen) atoms. The van der Waals surface area contributed by atoms with Gasteiger partial charge in [0.1, 0.15) is 18.1 Å². The Morgan fingerprint density at radius 2 is 1.66 bits per heavy atom. The smallest absolute Gasteiger partial charge is 0.144 e. The van der Waals surface area contributed by atoms with Crippen LogP contribution >= 0.6 is 0 Å². The number of para-hydroxylation sites is 2. The van der Waals surface area contributed by atoms with Crippen molar-refractivity contribution in [1.29, 1.82) is 0 Å². The van der Waals surface area contributed by atoms with Gasteiger partial charge in [0.2, 0.25) is 0 Å². The van der Waals surface area contributed by atoms with E-state index < -0.39 is 0 Å². The van der Waals surface area contributed by atoms with Crippen molar-refractivity contribution in [3.8, 4) is 5.75 Å². The number of hydrogen-bond donors (Lipinski definition) is 1. The van der Waals surface area contributed by atoms with E-state index in [2.05, 4.69) is 43.4 Å². The summed E-state index contributed by atoms with van der Waals surface area (Å²) >= 11 is 0. The van der Waals surface area contributed by atoms with Crippen molar-refractivity contribution >= 4 is 22.9 Å². The van der Waals surface area contributed by atoms with E-state index in [-0.39, 0.29) is 23.2 Å². The van der Waals surface area contributed by atoms with Gasteiger partial charge < -0.3 is 10.1 Å². The fourth-order valence-corrected chi connectivity index (χ4v) is 4.80. The zero-order valence-electron chi connectivity index (χ0n) is 18.5. The largest absolute Gasteiger partial charge is 0.489 e. The number of anilines is 1. The highest BCUT2D eigenvalue weighted by Crippen LogP contribution is 2.45. The van der Waals surface area contributed by atoms with Crippen LogP contribution < -0.4 is 10.1 Å². The number of Topliss-reactive ketones (excluding diaryl/α,β-unsaturated/α-hetero) is 1. The third-order valence-corrected chi connectivity index (χ3v) is 6.32. The number of ether oxygens (including phenoxy) is 1. The fraction of sp³-hybridized carbons (Fsp3) is 0.286. The lowest BCUT2D eigenvalue weighted by molar-refractivity contribution is -0.124. The average Bonchev–Trinajstić information content (AvgIpc) is 2.94. The Kier molecular flexibility index (Phi) is 5.30. The van der Waals surface area contributed by atoms with E-state index in [1.807, 2.05) is 54.6 Å². The molecule has 162 valence electrons. The van der Waals surface area contributed by atoms with Gasteiger partial charge in [-0.3, -0.25) is 9.79 Å². The van der Waals surface area contributed by atoms with Gasteiger partial charge in [-0.25, -0.2) is 0 Å². The second kappa shape index (κ2) is 8.27. The maximum atomic E-state index is 13.3. The predicted octanol–water partition coefficient (Wildman–Crippen LogP) is 6.51. The van der Waals surface area contributed by atoms with Crippen LogP contribution in [0.25, 0.3) is 0 Å². The number of carbonyl (C=O) groups is 1. The molecule has 3 aromatic carbocycles. The van der Waals surface area contributed by atoms with Crippen molar-refractivity contribution in [1.82, 2.24) is 0 Å². The third-order valence-electron chi connectivity index (χ3n) is 6.32. The number of benzene rings is 3. The monoisotopic (exact) mass is 424 g/mol. The molecule has 5 rings (SSSR count). The molecule has 1 fully saturated rings. The van der Waals surface area contributed by atoms with Gasteiger partial charge in [0.25, 0.3) is 0 Å². The molecular formula is C28H28N2O2. The van der Waals surface area contributed by atoms with Crippen LogP contribution in [0.4, 0.5) is 11.4 Å². The molecule has 3 aromatic rings. The molecule has 0 radical (unpaired) electrons. The molecule has 0 bridgehead atoms. The van der Waals surface area contributed by atoms with Gasteiger partial charge >= 0.3 is 0 Å². The van der Waals surface area contributed by atoms with Gasteiger partial charge in [0.15, 0.2) is 0 Å². The lowest BCUT2D eigenvalue weighted by Crippen LogP contribution is -2.42. The summed E-state index contributed by atoms with van der Waals surface area (Å²) in [5.41, 5.74) is 5.00. The molecule has 0 saturated heterocycles. The summed E-state index contributed by atoms with van der Waals surface area (Å²) in [6, 6.07) is 26.2. The Balaban J connectivity index is 1.44. The second-order valence-electron chi connectivity index (χ2n) is 9.55. The number of hydrogen-bond acceptors (Lipinski definition) is 4. The molecule has 0 spiro atoms. The molecule has 1 aliphatic carbocycles. The summed E-state index contributed by atoms with van der Waals surface area (Å²) in [6.45, 7) is 4.84. The average molecular weight is 425 g/mol. The number of nitrogens with zero attached hydrogens (tertiary/aromatic N) is 1. The van der Waals surface area contributed by atoms with Gasteiger partial charge in [-0.05, 0) is 47.2 Å². The van der Waals surface area contributed by atoms with Gasteiger partial charge in [0, 0.05) is 12.1 Å².